The maximum absolute atomic E-state index is 11.8. The van der Waals surface area contributed by atoms with Crippen LogP contribution in [0.4, 0.5) is 11.6 Å². The van der Waals surface area contributed by atoms with Gasteiger partial charge >= 0.3 is 0 Å². The van der Waals surface area contributed by atoms with Crippen molar-refractivity contribution in [3.05, 3.63) is 29.8 Å². The molecule has 2 aliphatic rings. The van der Waals surface area contributed by atoms with Gasteiger partial charge in [-0.3, -0.25) is 4.79 Å². The first kappa shape index (κ1) is 18.4. The topological polar surface area (TPSA) is 62.7 Å². The number of carbonyl (C=O) groups excluding carboxylic acids is 1. The van der Waals surface area contributed by atoms with Crippen LogP contribution in [-0.2, 0) is 16.0 Å². The molecule has 0 bridgehead atoms. The second kappa shape index (κ2) is 7.56. The number of aromatic nitrogens is 1. The van der Waals surface area contributed by atoms with Crippen LogP contribution in [0.25, 0.3) is 10.8 Å². The zero-order valence-electron chi connectivity index (χ0n) is 16.0. The highest BCUT2D eigenvalue weighted by Crippen LogP contribution is 2.32. The summed E-state index contributed by atoms with van der Waals surface area (Å²) >= 11 is -0.708. The normalized spacial score (nSPS) is 19.0. The molecule has 7 heteroatoms. The molecule has 27 heavy (non-hydrogen) atoms. The van der Waals surface area contributed by atoms with E-state index < -0.39 is 11.2 Å². The van der Waals surface area contributed by atoms with Crippen LogP contribution in [0.3, 0.4) is 0 Å². The van der Waals surface area contributed by atoms with Gasteiger partial charge in [0.2, 0.25) is 5.91 Å². The van der Waals surface area contributed by atoms with Gasteiger partial charge in [-0.25, -0.2) is 4.98 Å². The molecule has 0 unspecified atom stereocenters. The van der Waals surface area contributed by atoms with Crippen LogP contribution in [0.5, 0.6) is 0 Å². The lowest BCUT2D eigenvalue weighted by Gasteiger charge is -2.36. The molecule has 0 atom stereocenters. The highest BCUT2D eigenvalue weighted by atomic mass is 32.2. The van der Waals surface area contributed by atoms with Crippen molar-refractivity contribution in [3.63, 3.8) is 0 Å². The van der Waals surface area contributed by atoms with E-state index >= 15 is 0 Å². The van der Waals surface area contributed by atoms with E-state index in [4.69, 9.17) is 4.98 Å². The molecule has 0 radical (unpaired) electrons. The minimum atomic E-state index is -0.708. The van der Waals surface area contributed by atoms with E-state index in [1.807, 2.05) is 4.90 Å². The zero-order chi connectivity index (χ0) is 19.0. The maximum atomic E-state index is 11.8. The monoisotopic (exact) mass is 386 g/mol. The summed E-state index contributed by atoms with van der Waals surface area (Å²) in [5, 5.41) is 2.38. The summed E-state index contributed by atoms with van der Waals surface area (Å²) in [6.45, 7) is 8.40. The van der Waals surface area contributed by atoms with Crippen molar-refractivity contribution in [2.24, 2.45) is 0 Å². The molecule has 1 aromatic heterocycles. The average Bonchev–Trinajstić information content (AvgIpc) is 2.68. The van der Waals surface area contributed by atoms with Gasteiger partial charge in [0, 0.05) is 38.5 Å². The molecule has 144 valence electrons. The summed E-state index contributed by atoms with van der Waals surface area (Å²) in [5.74, 6) is 3.52. The lowest BCUT2D eigenvalue weighted by molar-refractivity contribution is -0.129. The fourth-order valence-corrected chi connectivity index (χ4v) is 4.95. The molecule has 0 N–H and O–H groups in total. The van der Waals surface area contributed by atoms with E-state index in [1.165, 1.54) is 10.9 Å². The molecular formula is C20H26N4O2S. The average molecular weight is 387 g/mol. The Bertz CT molecular complexity index is 843. The number of aryl methyl sites for hydroxylation is 1. The smallest absolute Gasteiger partial charge is 0.219 e. The van der Waals surface area contributed by atoms with E-state index in [9.17, 15) is 9.35 Å². The number of hydrogen-bond acceptors (Lipinski definition) is 5. The Labute approximate surface area is 163 Å². The number of piperazine rings is 1. The SMILES string of the molecule is CC(=O)N1CCN(c2cc3c(C)cccc3c(N3CC[S+]([O-])CC3)n2)CC1. The van der Waals surface area contributed by atoms with Crippen LogP contribution >= 0.6 is 0 Å². The van der Waals surface area contributed by atoms with Crippen molar-refractivity contribution >= 4 is 39.5 Å². The summed E-state index contributed by atoms with van der Waals surface area (Å²) in [7, 11) is 0. The van der Waals surface area contributed by atoms with Gasteiger partial charge in [-0.2, -0.15) is 0 Å². The third kappa shape index (κ3) is 3.71. The first-order valence-corrected chi connectivity index (χ1v) is 11.0. The van der Waals surface area contributed by atoms with Crippen molar-refractivity contribution in [2.45, 2.75) is 13.8 Å². The van der Waals surface area contributed by atoms with E-state index in [0.29, 0.717) is 11.5 Å². The number of rotatable bonds is 2. The highest BCUT2D eigenvalue weighted by Gasteiger charge is 2.25. The van der Waals surface area contributed by atoms with Crippen LogP contribution in [0.1, 0.15) is 12.5 Å². The summed E-state index contributed by atoms with van der Waals surface area (Å²) in [4.78, 5) is 23.1. The molecule has 4 rings (SSSR count). The van der Waals surface area contributed by atoms with Crippen molar-refractivity contribution in [2.75, 3.05) is 60.6 Å². The van der Waals surface area contributed by atoms with E-state index in [1.54, 1.807) is 6.92 Å². The third-order valence-electron chi connectivity index (χ3n) is 5.59. The Morgan fingerprint density at radius 3 is 2.41 bits per heavy atom. The molecule has 3 heterocycles. The summed E-state index contributed by atoms with van der Waals surface area (Å²) in [6.07, 6.45) is 0. The molecule has 6 nitrogen and oxygen atoms in total. The van der Waals surface area contributed by atoms with Gasteiger partial charge in [-0.05, 0) is 23.9 Å². The molecule has 1 amide bonds. The quantitative estimate of drug-likeness (QED) is 0.737. The number of anilines is 2. The number of carbonyl (C=O) groups is 1. The number of fused-ring (bicyclic) bond motifs is 1. The van der Waals surface area contributed by atoms with Crippen molar-refractivity contribution < 1.29 is 9.35 Å². The molecule has 2 aliphatic heterocycles. The number of nitrogens with zero attached hydrogens (tertiary/aromatic N) is 4. The number of hydrogen-bond donors (Lipinski definition) is 0. The molecule has 1 aromatic carbocycles. The number of pyridine rings is 1. The molecule has 0 saturated carbocycles. The van der Waals surface area contributed by atoms with Crippen LogP contribution < -0.4 is 9.80 Å². The second-order valence-electron chi connectivity index (χ2n) is 7.30. The Morgan fingerprint density at radius 2 is 1.74 bits per heavy atom. The fourth-order valence-electron chi connectivity index (χ4n) is 3.90. The Hall–Kier alpha value is -1.99. The van der Waals surface area contributed by atoms with Crippen LogP contribution in [-0.4, -0.2) is 71.1 Å². The maximum Gasteiger partial charge on any atom is 0.219 e. The molecule has 2 saturated heterocycles. The van der Waals surface area contributed by atoms with Crippen molar-refractivity contribution in [1.29, 1.82) is 0 Å². The van der Waals surface area contributed by atoms with Gasteiger partial charge < -0.3 is 19.3 Å². The molecular weight excluding hydrogens is 360 g/mol. The standard InChI is InChI=1S/C20H26N4O2S/c1-15-4-3-5-17-18(15)14-19(23-8-6-22(7-9-23)16(2)25)21-20(17)24-10-12-27(26)13-11-24/h3-5,14H,6-13H2,1-2H3. The summed E-state index contributed by atoms with van der Waals surface area (Å²) < 4.78 is 11.8. The van der Waals surface area contributed by atoms with Crippen LogP contribution in [0.2, 0.25) is 0 Å². The predicted octanol–water partition coefficient (Wildman–Crippen LogP) is 1.78. The predicted molar refractivity (Wildman–Crippen MR) is 111 cm³/mol. The largest absolute Gasteiger partial charge is 0.616 e. The fraction of sp³-hybridized carbons (Fsp3) is 0.500. The summed E-state index contributed by atoms with van der Waals surface area (Å²) in [5.41, 5.74) is 1.24. The van der Waals surface area contributed by atoms with Gasteiger partial charge in [0.05, 0.1) is 13.1 Å². The molecule has 2 fully saturated rings. The van der Waals surface area contributed by atoms with Crippen molar-refractivity contribution in [1.82, 2.24) is 9.88 Å². The lowest BCUT2D eigenvalue weighted by atomic mass is 10.1. The zero-order valence-corrected chi connectivity index (χ0v) is 16.8. The van der Waals surface area contributed by atoms with E-state index in [2.05, 4.69) is 41.0 Å². The molecule has 0 aliphatic carbocycles. The van der Waals surface area contributed by atoms with E-state index in [0.717, 1.165) is 56.3 Å². The minimum absolute atomic E-state index is 0.138. The Kier molecular flexibility index (Phi) is 5.14. The number of benzene rings is 1. The van der Waals surface area contributed by atoms with Crippen LogP contribution in [0.15, 0.2) is 24.3 Å². The van der Waals surface area contributed by atoms with Crippen molar-refractivity contribution in [3.8, 4) is 0 Å². The van der Waals surface area contributed by atoms with Gasteiger partial charge in [0.25, 0.3) is 0 Å². The van der Waals surface area contributed by atoms with Crippen LogP contribution in [0, 0.1) is 6.92 Å². The van der Waals surface area contributed by atoms with E-state index in [-0.39, 0.29) is 5.91 Å². The first-order valence-electron chi connectivity index (χ1n) is 9.53. The lowest BCUT2D eigenvalue weighted by Crippen LogP contribution is -2.48. The minimum Gasteiger partial charge on any atom is -0.616 e. The summed E-state index contributed by atoms with van der Waals surface area (Å²) in [6, 6.07) is 8.53. The van der Waals surface area contributed by atoms with Gasteiger partial charge in [0.15, 0.2) is 0 Å². The van der Waals surface area contributed by atoms with Gasteiger partial charge in [0.1, 0.15) is 23.1 Å². The van der Waals surface area contributed by atoms with Gasteiger partial charge in [-0.15, -0.1) is 0 Å². The second-order valence-corrected chi connectivity index (χ2v) is 9.00. The highest BCUT2D eigenvalue weighted by molar-refractivity contribution is 7.91. The molecule has 0 spiro atoms. The Morgan fingerprint density at radius 1 is 1.04 bits per heavy atom. The van der Waals surface area contributed by atoms with Gasteiger partial charge in [-0.1, -0.05) is 29.4 Å². The third-order valence-corrected chi connectivity index (χ3v) is 6.86. The first-order chi connectivity index (χ1) is 13.0. The number of amides is 1. The molecule has 2 aromatic rings. The Balaban J connectivity index is 1.69.